The molecule has 10 heteroatoms. The molecule has 0 bridgehead atoms. The zero-order valence-corrected chi connectivity index (χ0v) is 21.8. The second-order valence-corrected chi connectivity index (χ2v) is 10.2. The van der Waals surface area contributed by atoms with Crippen LogP contribution in [0.3, 0.4) is 0 Å². The van der Waals surface area contributed by atoms with Crippen molar-refractivity contribution in [1.82, 2.24) is 34.0 Å². The number of nitrogens with zero attached hydrogens (tertiary/aromatic N) is 8. The number of rotatable bonds is 4. The molecule has 0 amide bonds. The summed E-state index contributed by atoms with van der Waals surface area (Å²) in [6, 6.07) is 16.6. The van der Waals surface area contributed by atoms with Crippen LogP contribution in [-0.4, -0.2) is 59.7 Å². The van der Waals surface area contributed by atoms with E-state index in [0.717, 1.165) is 52.5 Å². The molecule has 4 heterocycles. The lowest BCUT2D eigenvalue weighted by atomic mass is 9.95. The number of fused-ring (bicyclic) bond motifs is 3. The predicted molar refractivity (Wildman–Crippen MR) is 143 cm³/mol. The van der Waals surface area contributed by atoms with E-state index in [1.165, 1.54) is 11.1 Å². The van der Waals surface area contributed by atoms with Gasteiger partial charge in [0, 0.05) is 42.8 Å². The van der Waals surface area contributed by atoms with Crippen molar-refractivity contribution in [2.45, 2.75) is 25.9 Å². The Hall–Kier alpha value is -3.20. The predicted octanol–water partition coefficient (Wildman–Crippen LogP) is 4.93. The van der Waals surface area contributed by atoms with Crippen LogP contribution in [0.1, 0.15) is 29.9 Å². The Bertz CT molecular complexity index is 1500. The topological polar surface area (TPSA) is 67.4 Å². The fourth-order valence-electron chi connectivity index (χ4n) is 5.27. The third kappa shape index (κ3) is 3.89. The summed E-state index contributed by atoms with van der Waals surface area (Å²) in [5.41, 5.74) is 4.23. The molecule has 36 heavy (non-hydrogen) atoms. The lowest BCUT2D eigenvalue weighted by Gasteiger charge is -2.44. The summed E-state index contributed by atoms with van der Waals surface area (Å²) in [5, 5.41) is 9.79. The maximum absolute atomic E-state index is 6.21. The zero-order valence-electron chi connectivity index (χ0n) is 20.3. The van der Waals surface area contributed by atoms with Gasteiger partial charge in [-0.3, -0.25) is 4.90 Å². The van der Waals surface area contributed by atoms with Gasteiger partial charge in [0.25, 0.3) is 5.78 Å². The van der Waals surface area contributed by atoms with E-state index in [-0.39, 0.29) is 12.1 Å². The monoisotopic (exact) mass is 520 g/mol. The number of imidazole rings is 1. The molecule has 0 aliphatic carbocycles. The number of halogens is 2. The molecule has 6 rings (SSSR count). The molecule has 3 aromatic heterocycles. The van der Waals surface area contributed by atoms with Gasteiger partial charge < -0.3 is 9.47 Å². The SMILES string of the molecule is Cc1nc2c(N3CCN(C(c4ccc(Cl)cc4)c4ccc(Cl)cc4)CC3C)nc3nncn3c2n1C. The van der Waals surface area contributed by atoms with Crippen molar-refractivity contribution in [3.63, 3.8) is 0 Å². The molecule has 1 unspecified atom stereocenters. The molecule has 1 aliphatic heterocycles. The number of hydrogen-bond acceptors (Lipinski definition) is 6. The largest absolute Gasteiger partial charge is 0.349 e. The molecule has 0 radical (unpaired) electrons. The maximum Gasteiger partial charge on any atom is 0.258 e. The highest BCUT2D eigenvalue weighted by molar-refractivity contribution is 6.30. The number of benzene rings is 2. The first kappa shape index (κ1) is 23.2. The van der Waals surface area contributed by atoms with Gasteiger partial charge in [0.2, 0.25) is 0 Å². The Morgan fingerprint density at radius 1 is 0.917 bits per heavy atom. The smallest absolute Gasteiger partial charge is 0.258 e. The van der Waals surface area contributed by atoms with E-state index in [0.29, 0.717) is 5.78 Å². The molecule has 2 aromatic carbocycles. The fraction of sp³-hybridized carbons (Fsp3) is 0.308. The van der Waals surface area contributed by atoms with E-state index < -0.39 is 0 Å². The molecule has 0 saturated carbocycles. The van der Waals surface area contributed by atoms with Gasteiger partial charge in [0.1, 0.15) is 17.7 Å². The van der Waals surface area contributed by atoms with E-state index in [1.807, 2.05) is 42.6 Å². The van der Waals surface area contributed by atoms with Crippen LogP contribution < -0.4 is 4.90 Å². The summed E-state index contributed by atoms with van der Waals surface area (Å²) < 4.78 is 3.96. The minimum atomic E-state index is 0.0909. The molecule has 1 atom stereocenters. The van der Waals surface area contributed by atoms with Crippen LogP contribution in [0, 0.1) is 6.92 Å². The van der Waals surface area contributed by atoms with Gasteiger partial charge in [-0.25, -0.2) is 9.38 Å². The second kappa shape index (κ2) is 9.03. The third-order valence-electron chi connectivity index (χ3n) is 7.13. The highest BCUT2D eigenvalue weighted by Gasteiger charge is 2.33. The number of aryl methyl sites for hydroxylation is 2. The maximum atomic E-state index is 6.21. The molecule has 8 nitrogen and oxygen atoms in total. The normalized spacial score (nSPS) is 17.1. The van der Waals surface area contributed by atoms with Gasteiger partial charge in [0.15, 0.2) is 11.5 Å². The molecule has 1 aliphatic rings. The minimum Gasteiger partial charge on any atom is -0.349 e. The Morgan fingerprint density at radius 2 is 1.56 bits per heavy atom. The third-order valence-corrected chi connectivity index (χ3v) is 7.64. The minimum absolute atomic E-state index is 0.0909. The van der Waals surface area contributed by atoms with E-state index in [2.05, 4.69) is 55.8 Å². The van der Waals surface area contributed by atoms with Gasteiger partial charge in [-0.15, -0.1) is 10.2 Å². The second-order valence-electron chi connectivity index (χ2n) is 9.37. The standard InChI is InChI=1S/C26H26Cl2N8/c1-16-14-34(23(18-4-8-20(27)9-5-18)19-6-10-21(28)11-7-19)12-13-35(16)24-22-25(33(3)17(2)30-22)36-15-29-32-26(36)31-24/h4-11,15-16,23H,12-14H2,1-3H3. The van der Waals surface area contributed by atoms with Crippen LogP contribution in [0.15, 0.2) is 54.9 Å². The van der Waals surface area contributed by atoms with Crippen molar-refractivity contribution < 1.29 is 0 Å². The summed E-state index contributed by atoms with van der Waals surface area (Å²) in [6.45, 7) is 6.76. The summed E-state index contributed by atoms with van der Waals surface area (Å²) in [6.07, 6.45) is 1.69. The van der Waals surface area contributed by atoms with Crippen LogP contribution in [0.5, 0.6) is 0 Å². The van der Waals surface area contributed by atoms with Crippen LogP contribution in [0.2, 0.25) is 10.0 Å². The molecule has 184 valence electrons. The molecule has 1 saturated heterocycles. The Balaban J connectivity index is 1.36. The average molecular weight is 521 g/mol. The van der Waals surface area contributed by atoms with Gasteiger partial charge >= 0.3 is 0 Å². The van der Waals surface area contributed by atoms with Crippen molar-refractivity contribution in [2.24, 2.45) is 7.05 Å². The van der Waals surface area contributed by atoms with Crippen molar-refractivity contribution >= 4 is 46.0 Å². The van der Waals surface area contributed by atoms with Crippen molar-refractivity contribution in [2.75, 3.05) is 24.5 Å². The first-order valence-electron chi connectivity index (χ1n) is 11.9. The highest BCUT2D eigenvalue weighted by Crippen LogP contribution is 2.34. The summed E-state index contributed by atoms with van der Waals surface area (Å²) in [5.74, 6) is 2.36. The van der Waals surface area contributed by atoms with Gasteiger partial charge in [-0.05, 0) is 49.2 Å². The summed E-state index contributed by atoms with van der Waals surface area (Å²) in [7, 11) is 2.01. The molecular weight excluding hydrogens is 495 g/mol. The first-order valence-corrected chi connectivity index (χ1v) is 12.7. The zero-order chi connectivity index (χ0) is 25.0. The van der Waals surface area contributed by atoms with Crippen molar-refractivity contribution in [3.05, 3.63) is 81.9 Å². The molecular formula is C26H26Cl2N8. The number of hydrogen-bond donors (Lipinski definition) is 0. The van der Waals surface area contributed by atoms with Crippen molar-refractivity contribution in [3.8, 4) is 0 Å². The van der Waals surface area contributed by atoms with Crippen LogP contribution in [-0.2, 0) is 7.05 Å². The molecule has 0 spiro atoms. The van der Waals surface area contributed by atoms with Gasteiger partial charge in [-0.2, -0.15) is 4.98 Å². The van der Waals surface area contributed by atoms with Gasteiger partial charge in [-0.1, -0.05) is 47.5 Å². The quantitative estimate of drug-likeness (QED) is 0.334. The lowest BCUT2D eigenvalue weighted by molar-refractivity contribution is 0.187. The van der Waals surface area contributed by atoms with E-state index in [9.17, 15) is 0 Å². The summed E-state index contributed by atoms with van der Waals surface area (Å²) >= 11 is 12.4. The first-order chi connectivity index (χ1) is 17.4. The number of piperazine rings is 1. The Labute approximate surface area is 219 Å². The lowest BCUT2D eigenvalue weighted by Crippen LogP contribution is -2.53. The van der Waals surface area contributed by atoms with Gasteiger partial charge in [0.05, 0.1) is 6.04 Å². The van der Waals surface area contributed by atoms with Crippen molar-refractivity contribution in [1.29, 1.82) is 0 Å². The Kier molecular flexibility index (Phi) is 5.82. The Morgan fingerprint density at radius 3 is 2.17 bits per heavy atom. The molecule has 1 fully saturated rings. The summed E-state index contributed by atoms with van der Waals surface area (Å²) in [4.78, 5) is 14.6. The fourth-order valence-corrected chi connectivity index (χ4v) is 5.52. The number of anilines is 1. The average Bonchev–Trinajstić information content (AvgIpc) is 3.45. The van der Waals surface area contributed by atoms with E-state index in [4.69, 9.17) is 33.2 Å². The number of aromatic nitrogens is 6. The highest BCUT2D eigenvalue weighted by atomic mass is 35.5. The van der Waals surface area contributed by atoms with Crippen LogP contribution >= 0.6 is 23.2 Å². The van der Waals surface area contributed by atoms with E-state index in [1.54, 1.807) is 6.33 Å². The van der Waals surface area contributed by atoms with E-state index >= 15 is 0 Å². The molecule has 5 aromatic rings. The molecule has 0 N–H and O–H groups in total. The van der Waals surface area contributed by atoms with Crippen LogP contribution in [0.25, 0.3) is 16.9 Å². The van der Waals surface area contributed by atoms with Crippen LogP contribution in [0.4, 0.5) is 5.82 Å².